The van der Waals surface area contributed by atoms with Gasteiger partial charge in [0.05, 0.1) is 12.5 Å². The van der Waals surface area contributed by atoms with Gasteiger partial charge in [0.2, 0.25) is 0 Å². The maximum absolute atomic E-state index is 8.42. The number of hydrogen-bond acceptors (Lipinski definition) is 3. The summed E-state index contributed by atoms with van der Waals surface area (Å²) in [4.78, 5) is 3.99. The molecule has 2 N–H and O–H groups in total. The van der Waals surface area contributed by atoms with Crippen LogP contribution in [-0.2, 0) is 0 Å². The highest BCUT2D eigenvalue weighted by molar-refractivity contribution is 14.1. The van der Waals surface area contributed by atoms with Gasteiger partial charge in [0.25, 0.3) is 0 Å². The number of hydrogen-bond donors (Lipinski definition) is 1. The summed E-state index contributed by atoms with van der Waals surface area (Å²) in [5, 5.41) is 8.42. The molecule has 0 aromatic carbocycles. The van der Waals surface area contributed by atoms with Crippen molar-refractivity contribution in [1.29, 1.82) is 5.26 Å². The molecule has 4 heteroatoms. The van der Waals surface area contributed by atoms with Crippen LogP contribution >= 0.6 is 22.6 Å². The SMILES string of the molecule is N#CCC(N)c1cncc(I)c1. The Morgan fingerprint density at radius 3 is 3.00 bits per heavy atom. The third-order valence-electron chi connectivity index (χ3n) is 1.47. The van der Waals surface area contributed by atoms with Crippen LogP contribution in [0.5, 0.6) is 0 Å². The molecule has 1 atom stereocenters. The third kappa shape index (κ3) is 2.43. The number of pyridine rings is 1. The Labute approximate surface area is 84.7 Å². The molecule has 0 amide bonds. The molecule has 1 aromatic heterocycles. The quantitative estimate of drug-likeness (QED) is 0.832. The summed E-state index contributed by atoms with van der Waals surface area (Å²) in [5.41, 5.74) is 6.63. The maximum Gasteiger partial charge on any atom is 0.0641 e. The summed E-state index contributed by atoms with van der Waals surface area (Å²) < 4.78 is 1.04. The Hall–Kier alpha value is -0.670. The van der Waals surface area contributed by atoms with Gasteiger partial charge in [-0.3, -0.25) is 4.98 Å². The van der Waals surface area contributed by atoms with Gasteiger partial charge in [-0.2, -0.15) is 5.26 Å². The zero-order valence-electron chi connectivity index (χ0n) is 6.37. The minimum atomic E-state index is -0.211. The molecule has 0 saturated carbocycles. The Morgan fingerprint density at radius 2 is 2.42 bits per heavy atom. The van der Waals surface area contributed by atoms with Crippen molar-refractivity contribution in [2.24, 2.45) is 5.73 Å². The lowest BCUT2D eigenvalue weighted by atomic mass is 10.1. The first-order chi connectivity index (χ1) is 5.74. The van der Waals surface area contributed by atoms with Crippen molar-refractivity contribution < 1.29 is 0 Å². The van der Waals surface area contributed by atoms with Gasteiger partial charge in [-0.15, -0.1) is 0 Å². The Bertz CT molecular complexity index is 305. The first-order valence-electron chi connectivity index (χ1n) is 3.47. The molecule has 0 spiro atoms. The van der Waals surface area contributed by atoms with E-state index in [0.717, 1.165) is 9.13 Å². The standard InChI is InChI=1S/C8H8IN3/c9-7-3-6(4-12-5-7)8(11)1-2-10/h3-5,8H,1,11H2. The molecule has 0 fully saturated rings. The lowest BCUT2D eigenvalue weighted by Gasteiger charge is -2.06. The lowest BCUT2D eigenvalue weighted by Crippen LogP contribution is -2.09. The molecule has 0 radical (unpaired) electrons. The van der Waals surface area contributed by atoms with Crippen LogP contribution in [0.4, 0.5) is 0 Å². The minimum Gasteiger partial charge on any atom is -0.323 e. The normalized spacial score (nSPS) is 12.1. The van der Waals surface area contributed by atoms with Gasteiger partial charge >= 0.3 is 0 Å². The number of halogens is 1. The number of rotatable bonds is 2. The van der Waals surface area contributed by atoms with Gasteiger partial charge in [-0.25, -0.2) is 0 Å². The van der Waals surface area contributed by atoms with Gasteiger partial charge in [0.1, 0.15) is 0 Å². The van der Waals surface area contributed by atoms with Crippen LogP contribution in [0.3, 0.4) is 0 Å². The van der Waals surface area contributed by atoms with Gasteiger partial charge in [-0.05, 0) is 34.2 Å². The fraction of sp³-hybridized carbons (Fsp3) is 0.250. The highest BCUT2D eigenvalue weighted by Gasteiger charge is 2.04. The van der Waals surface area contributed by atoms with Crippen molar-refractivity contribution in [3.8, 4) is 6.07 Å². The van der Waals surface area contributed by atoms with E-state index in [0.29, 0.717) is 6.42 Å². The second-order valence-corrected chi connectivity index (χ2v) is 3.65. The number of nitrogens with zero attached hydrogens (tertiary/aromatic N) is 2. The second kappa shape index (κ2) is 4.38. The molecule has 62 valence electrons. The van der Waals surface area contributed by atoms with Gasteiger partial charge in [-0.1, -0.05) is 0 Å². The van der Waals surface area contributed by atoms with Gasteiger partial charge in [0, 0.05) is 22.0 Å². The first-order valence-corrected chi connectivity index (χ1v) is 4.55. The topological polar surface area (TPSA) is 62.7 Å². The van der Waals surface area contributed by atoms with Crippen molar-refractivity contribution in [2.75, 3.05) is 0 Å². The molecule has 3 nitrogen and oxygen atoms in total. The van der Waals surface area contributed by atoms with Crippen molar-refractivity contribution in [3.05, 3.63) is 27.6 Å². The van der Waals surface area contributed by atoms with E-state index in [4.69, 9.17) is 11.0 Å². The van der Waals surface area contributed by atoms with Crippen LogP contribution in [0, 0.1) is 14.9 Å². The molecule has 0 saturated heterocycles. The Balaban J connectivity index is 2.82. The van der Waals surface area contributed by atoms with E-state index in [9.17, 15) is 0 Å². The van der Waals surface area contributed by atoms with Crippen LogP contribution in [0.2, 0.25) is 0 Å². The number of aromatic nitrogens is 1. The van der Waals surface area contributed by atoms with Crippen LogP contribution in [0.1, 0.15) is 18.0 Å². The Morgan fingerprint density at radius 1 is 1.67 bits per heavy atom. The van der Waals surface area contributed by atoms with E-state index in [-0.39, 0.29) is 6.04 Å². The number of nitrogens with two attached hydrogens (primary N) is 1. The molecular formula is C8H8IN3. The molecule has 1 heterocycles. The molecule has 0 aliphatic heterocycles. The summed E-state index contributed by atoms with van der Waals surface area (Å²) in [7, 11) is 0. The predicted molar refractivity (Wildman–Crippen MR) is 54.1 cm³/mol. The summed E-state index contributed by atoms with van der Waals surface area (Å²) >= 11 is 2.17. The molecule has 1 unspecified atom stereocenters. The third-order valence-corrected chi connectivity index (χ3v) is 2.06. The molecule has 0 aliphatic carbocycles. The van der Waals surface area contributed by atoms with E-state index in [2.05, 4.69) is 27.6 Å². The maximum atomic E-state index is 8.42. The average molecular weight is 273 g/mol. The van der Waals surface area contributed by atoms with Crippen molar-refractivity contribution in [2.45, 2.75) is 12.5 Å². The van der Waals surface area contributed by atoms with Crippen molar-refractivity contribution in [3.63, 3.8) is 0 Å². The predicted octanol–water partition coefficient (Wildman–Crippen LogP) is 1.60. The van der Waals surface area contributed by atoms with E-state index in [1.165, 1.54) is 0 Å². The largest absolute Gasteiger partial charge is 0.323 e. The highest BCUT2D eigenvalue weighted by Crippen LogP contribution is 2.14. The minimum absolute atomic E-state index is 0.211. The van der Waals surface area contributed by atoms with Gasteiger partial charge in [0.15, 0.2) is 0 Å². The van der Waals surface area contributed by atoms with Crippen LogP contribution in [0.25, 0.3) is 0 Å². The lowest BCUT2D eigenvalue weighted by molar-refractivity contribution is 0.743. The summed E-state index contributed by atoms with van der Waals surface area (Å²) in [6.07, 6.45) is 3.79. The van der Waals surface area contributed by atoms with E-state index in [1.54, 1.807) is 12.4 Å². The average Bonchev–Trinajstić information content (AvgIpc) is 2.05. The Kier molecular flexibility index (Phi) is 3.44. The summed E-state index contributed by atoms with van der Waals surface area (Å²) in [5.74, 6) is 0. The van der Waals surface area contributed by atoms with Gasteiger partial charge < -0.3 is 5.73 Å². The van der Waals surface area contributed by atoms with E-state index >= 15 is 0 Å². The smallest absolute Gasteiger partial charge is 0.0641 e. The molecule has 1 rings (SSSR count). The molecule has 0 aliphatic rings. The monoisotopic (exact) mass is 273 g/mol. The molecule has 12 heavy (non-hydrogen) atoms. The number of nitriles is 1. The fourth-order valence-corrected chi connectivity index (χ4v) is 1.37. The molecule has 0 bridgehead atoms. The zero-order chi connectivity index (χ0) is 8.97. The summed E-state index contributed by atoms with van der Waals surface area (Å²) in [6.45, 7) is 0. The van der Waals surface area contributed by atoms with Crippen molar-refractivity contribution in [1.82, 2.24) is 4.98 Å². The fourth-order valence-electron chi connectivity index (χ4n) is 0.847. The van der Waals surface area contributed by atoms with Crippen LogP contribution in [-0.4, -0.2) is 4.98 Å². The molecule has 1 aromatic rings. The first kappa shape index (κ1) is 9.42. The van der Waals surface area contributed by atoms with E-state index in [1.807, 2.05) is 12.1 Å². The summed E-state index contributed by atoms with van der Waals surface area (Å²) in [6, 6.07) is 3.76. The highest BCUT2D eigenvalue weighted by atomic mass is 127. The van der Waals surface area contributed by atoms with Crippen LogP contribution < -0.4 is 5.73 Å². The zero-order valence-corrected chi connectivity index (χ0v) is 8.52. The van der Waals surface area contributed by atoms with Crippen molar-refractivity contribution >= 4 is 22.6 Å². The van der Waals surface area contributed by atoms with Crippen LogP contribution in [0.15, 0.2) is 18.5 Å². The molecular weight excluding hydrogens is 265 g/mol. The van der Waals surface area contributed by atoms with E-state index < -0.39 is 0 Å². The second-order valence-electron chi connectivity index (χ2n) is 2.41.